The van der Waals surface area contributed by atoms with Crippen LogP contribution in [0.25, 0.3) is 5.65 Å². The van der Waals surface area contributed by atoms with Gasteiger partial charge >= 0.3 is 0 Å². The number of carbonyl (C=O) groups is 1. The first kappa shape index (κ1) is 16.1. The van der Waals surface area contributed by atoms with Gasteiger partial charge in [0.05, 0.1) is 6.04 Å². The Kier molecular flexibility index (Phi) is 5.02. The molecule has 0 saturated carbocycles. The van der Waals surface area contributed by atoms with Gasteiger partial charge in [0.2, 0.25) is 0 Å². The zero-order chi connectivity index (χ0) is 16.2. The molecule has 0 aromatic carbocycles. The van der Waals surface area contributed by atoms with Crippen molar-refractivity contribution in [2.75, 3.05) is 12.0 Å². The van der Waals surface area contributed by atoms with Crippen LogP contribution in [0, 0.1) is 0 Å². The number of hydrogen-bond acceptors (Lipinski definition) is 5. The maximum atomic E-state index is 12.4. The number of pyridine rings is 1. The van der Waals surface area contributed by atoms with Gasteiger partial charge in [-0.15, -0.1) is 10.2 Å². The summed E-state index contributed by atoms with van der Waals surface area (Å²) in [5.74, 6) is 1.61. The van der Waals surface area contributed by atoms with Crippen molar-refractivity contribution in [3.8, 4) is 0 Å². The number of aromatic nitrogens is 3. The van der Waals surface area contributed by atoms with Crippen LogP contribution in [0.15, 0.2) is 45.6 Å². The van der Waals surface area contributed by atoms with Gasteiger partial charge < -0.3 is 9.73 Å². The van der Waals surface area contributed by atoms with E-state index in [1.54, 1.807) is 23.9 Å². The zero-order valence-corrected chi connectivity index (χ0v) is 14.8. The van der Waals surface area contributed by atoms with Gasteiger partial charge in [0, 0.05) is 6.20 Å². The first-order valence-corrected chi connectivity index (χ1v) is 9.22. The van der Waals surface area contributed by atoms with E-state index in [0.29, 0.717) is 10.5 Å². The molecular weight excluding hydrogens is 380 g/mol. The lowest BCUT2D eigenvalue weighted by Gasteiger charge is -2.16. The Balaban J connectivity index is 1.87. The monoisotopic (exact) mass is 394 g/mol. The molecule has 0 unspecified atom stereocenters. The fraction of sp³-hybridized carbons (Fsp3) is 0.267. The van der Waals surface area contributed by atoms with Crippen molar-refractivity contribution >= 4 is 39.2 Å². The Bertz CT molecular complexity index is 817. The van der Waals surface area contributed by atoms with E-state index in [1.807, 2.05) is 35.1 Å². The number of furan rings is 1. The van der Waals surface area contributed by atoms with Crippen molar-refractivity contribution < 1.29 is 9.21 Å². The highest BCUT2D eigenvalue weighted by molar-refractivity contribution is 9.10. The molecule has 1 amide bonds. The Morgan fingerprint density at radius 1 is 1.39 bits per heavy atom. The van der Waals surface area contributed by atoms with E-state index in [0.717, 1.165) is 17.8 Å². The molecule has 3 heterocycles. The topological polar surface area (TPSA) is 72.4 Å². The molecule has 1 atom stereocenters. The number of nitrogens with one attached hydrogen (secondary N) is 1. The molecule has 3 aromatic rings. The van der Waals surface area contributed by atoms with E-state index < -0.39 is 0 Å². The van der Waals surface area contributed by atoms with Gasteiger partial charge in [-0.05, 0) is 58.6 Å². The minimum absolute atomic E-state index is 0.240. The quantitative estimate of drug-likeness (QED) is 0.694. The molecule has 0 saturated heterocycles. The number of fused-ring (bicyclic) bond motifs is 1. The molecule has 0 aliphatic heterocycles. The second-order valence-corrected chi connectivity index (χ2v) is 6.67. The summed E-state index contributed by atoms with van der Waals surface area (Å²) in [6, 6.07) is 8.79. The second kappa shape index (κ2) is 7.18. The van der Waals surface area contributed by atoms with Crippen LogP contribution in [0.5, 0.6) is 0 Å². The summed E-state index contributed by atoms with van der Waals surface area (Å²) in [4.78, 5) is 12.4. The molecule has 6 nitrogen and oxygen atoms in total. The van der Waals surface area contributed by atoms with E-state index in [-0.39, 0.29) is 17.7 Å². The lowest BCUT2D eigenvalue weighted by atomic mass is 10.2. The van der Waals surface area contributed by atoms with Crippen LogP contribution in [0.4, 0.5) is 0 Å². The molecule has 0 aliphatic carbocycles. The average molecular weight is 395 g/mol. The SMILES string of the molecule is CSCC[C@H](NC(=O)c1ccc(Br)o1)c1nnc2ccccn12. The summed E-state index contributed by atoms with van der Waals surface area (Å²) in [6.45, 7) is 0. The third-order valence-electron chi connectivity index (χ3n) is 3.36. The maximum absolute atomic E-state index is 12.4. The molecule has 8 heteroatoms. The molecule has 23 heavy (non-hydrogen) atoms. The van der Waals surface area contributed by atoms with Crippen LogP contribution in [0.3, 0.4) is 0 Å². The van der Waals surface area contributed by atoms with Gasteiger partial charge in [-0.1, -0.05) is 6.07 Å². The third kappa shape index (κ3) is 3.59. The number of rotatable bonds is 6. The van der Waals surface area contributed by atoms with Gasteiger partial charge in [0.25, 0.3) is 5.91 Å². The molecule has 120 valence electrons. The summed E-state index contributed by atoms with van der Waals surface area (Å²) in [7, 11) is 0. The van der Waals surface area contributed by atoms with Crippen molar-refractivity contribution in [1.82, 2.24) is 19.9 Å². The van der Waals surface area contributed by atoms with Crippen LogP contribution < -0.4 is 5.32 Å². The minimum Gasteiger partial charge on any atom is -0.444 e. The minimum atomic E-state index is -0.269. The van der Waals surface area contributed by atoms with E-state index in [1.165, 1.54) is 0 Å². The molecule has 0 fully saturated rings. The zero-order valence-electron chi connectivity index (χ0n) is 12.4. The normalized spacial score (nSPS) is 12.4. The second-order valence-electron chi connectivity index (χ2n) is 4.90. The summed E-state index contributed by atoms with van der Waals surface area (Å²) in [5, 5.41) is 11.4. The van der Waals surface area contributed by atoms with Crippen molar-refractivity contribution in [3.05, 3.63) is 52.8 Å². The van der Waals surface area contributed by atoms with Gasteiger partial charge in [0.1, 0.15) is 0 Å². The summed E-state index contributed by atoms with van der Waals surface area (Å²) in [6.07, 6.45) is 4.68. The number of carbonyl (C=O) groups excluding carboxylic acids is 1. The van der Waals surface area contributed by atoms with Crippen molar-refractivity contribution in [1.29, 1.82) is 0 Å². The number of hydrogen-bond donors (Lipinski definition) is 1. The van der Waals surface area contributed by atoms with Gasteiger partial charge in [-0.2, -0.15) is 11.8 Å². The smallest absolute Gasteiger partial charge is 0.287 e. The molecule has 0 bridgehead atoms. The largest absolute Gasteiger partial charge is 0.444 e. The Morgan fingerprint density at radius 3 is 3.00 bits per heavy atom. The molecule has 0 radical (unpaired) electrons. The van der Waals surface area contributed by atoms with E-state index in [2.05, 4.69) is 31.4 Å². The Hall–Kier alpha value is -1.80. The average Bonchev–Trinajstić information content (AvgIpc) is 3.17. The molecule has 0 aliphatic rings. The highest BCUT2D eigenvalue weighted by atomic mass is 79.9. The first-order chi connectivity index (χ1) is 11.2. The van der Waals surface area contributed by atoms with Crippen molar-refractivity contribution in [2.45, 2.75) is 12.5 Å². The van der Waals surface area contributed by atoms with Crippen LogP contribution in [-0.2, 0) is 0 Å². The highest BCUT2D eigenvalue weighted by Crippen LogP contribution is 2.20. The van der Waals surface area contributed by atoms with Crippen LogP contribution >= 0.6 is 27.7 Å². The first-order valence-electron chi connectivity index (χ1n) is 7.04. The molecule has 1 N–H and O–H groups in total. The Labute approximate surface area is 145 Å². The van der Waals surface area contributed by atoms with Gasteiger partial charge in [-0.25, -0.2) is 0 Å². The fourth-order valence-corrected chi connectivity index (χ4v) is 3.04. The van der Waals surface area contributed by atoms with Crippen LogP contribution in [0.2, 0.25) is 0 Å². The van der Waals surface area contributed by atoms with Gasteiger partial charge in [-0.3, -0.25) is 9.20 Å². The summed E-state index contributed by atoms with van der Waals surface area (Å²) in [5.41, 5.74) is 0.756. The van der Waals surface area contributed by atoms with Crippen LogP contribution in [0.1, 0.15) is 28.8 Å². The highest BCUT2D eigenvalue weighted by Gasteiger charge is 2.22. The predicted molar refractivity (Wildman–Crippen MR) is 92.6 cm³/mol. The molecule has 3 aromatic heterocycles. The van der Waals surface area contributed by atoms with E-state index in [9.17, 15) is 4.79 Å². The molecule has 0 spiro atoms. The standard InChI is InChI=1S/C15H15BrN4O2S/c1-23-9-7-10(17-15(21)11-5-6-12(16)22-11)14-19-18-13-4-2-3-8-20(13)14/h2-6,8,10H,7,9H2,1H3,(H,17,21)/t10-/m0/s1. The van der Waals surface area contributed by atoms with E-state index >= 15 is 0 Å². The molecular formula is C15H15BrN4O2S. The number of nitrogens with zero attached hydrogens (tertiary/aromatic N) is 3. The molecule has 3 rings (SSSR count). The van der Waals surface area contributed by atoms with Crippen molar-refractivity contribution in [2.24, 2.45) is 0 Å². The maximum Gasteiger partial charge on any atom is 0.287 e. The lowest BCUT2D eigenvalue weighted by molar-refractivity contribution is 0.0904. The number of amides is 1. The van der Waals surface area contributed by atoms with E-state index in [4.69, 9.17) is 4.42 Å². The van der Waals surface area contributed by atoms with Crippen LogP contribution in [-0.4, -0.2) is 32.5 Å². The van der Waals surface area contributed by atoms with Gasteiger partial charge in [0.15, 0.2) is 21.9 Å². The van der Waals surface area contributed by atoms with Crippen molar-refractivity contribution in [3.63, 3.8) is 0 Å². The number of halogens is 1. The predicted octanol–water partition coefficient (Wildman–Crippen LogP) is 3.31. The fourth-order valence-electron chi connectivity index (χ4n) is 2.26. The lowest BCUT2D eigenvalue weighted by Crippen LogP contribution is -2.30. The third-order valence-corrected chi connectivity index (χ3v) is 4.43. The Morgan fingerprint density at radius 2 is 2.26 bits per heavy atom. The number of thioether (sulfide) groups is 1. The summed E-state index contributed by atoms with van der Waals surface area (Å²) >= 11 is 4.92. The summed E-state index contributed by atoms with van der Waals surface area (Å²) < 4.78 is 7.73.